The largest absolute Gasteiger partial charge is 0.379 e. The summed E-state index contributed by atoms with van der Waals surface area (Å²) in [5, 5.41) is 7.50. The summed E-state index contributed by atoms with van der Waals surface area (Å²) in [5.74, 6) is 0.380. The summed E-state index contributed by atoms with van der Waals surface area (Å²) in [6.07, 6.45) is 3.92. The molecule has 1 atom stereocenters. The number of hydrogen-bond donors (Lipinski definition) is 1. The number of carbonyl (C=O) groups excluding carboxylic acids is 2. The third kappa shape index (κ3) is 3.45. The van der Waals surface area contributed by atoms with Crippen LogP contribution in [0.1, 0.15) is 40.5 Å². The number of nitrogens with one attached hydrogen (secondary N) is 1. The SMILES string of the molecule is C=CC(=O)N1CCCc2cc(C(=O)Nc3cc(C)nn3C3CCOC3)ccc21. The molecule has 146 valence electrons. The number of aryl methyl sites for hydroxylation is 2. The van der Waals surface area contributed by atoms with E-state index in [-0.39, 0.29) is 17.9 Å². The van der Waals surface area contributed by atoms with E-state index in [0.29, 0.717) is 31.1 Å². The quantitative estimate of drug-likeness (QED) is 0.828. The predicted molar refractivity (Wildman–Crippen MR) is 107 cm³/mol. The van der Waals surface area contributed by atoms with Gasteiger partial charge < -0.3 is 15.0 Å². The first-order valence-corrected chi connectivity index (χ1v) is 9.59. The Balaban J connectivity index is 1.57. The molecule has 1 fully saturated rings. The Labute approximate surface area is 164 Å². The molecule has 2 aliphatic rings. The van der Waals surface area contributed by atoms with Crippen molar-refractivity contribution in [1.29, 1.82) is 0 Å². The second-order valence-electron chi connectivity index (χ2n) is 7.23. The van der Waals surface area contributed by atoms with Crippen LogP contribution in [0.3, 0.4) is 0 Å². The highest BCUT2D eigenvalue weighted by atomic mass is 16.5. The average Bonchev–Trinajstić information content (AvgIpc) is 3.36. The summed E-state index contributed by atoms with van der Waals surface area (Å²) >= 11 is 0. The van der Waals surface area contributed by atoms with Gasteiger partial charge in [0, 0.05) is 30.5 Å². The smallest absolute Gasteiger partial charge is 0.256 e. The number of carbonyl (C=O) groups is 2. The maximum absolute atomic E-state index is 12.9. The summed E-state index contributed by atoms with van der Waals surface area (Å²) in [4.78, 5) is 26.6. The molecule has 1 aromatic heterocycles. The van der Waals surface area contributed by atoms with Gasteiger partial charge >= 0.3 is 0 Å². The van der Waals surface area contributed by atoms with Gasteiger partial charge in [0.2, 0.25) is 5.91 Å². The maximum Gasteiger partial charge on any atom is 0.256 e. The van der Waals surface area contributed by atoms with Gasteiger partial charge in [-0.25, -0.2) is 4.68 Å². The monoisotopic (exact) mass is 380 g/mol. The van der Waals surface area contributed by atoms with E-state index in [9.17, 15) is 9.59 Å². The highest BCUT2D eigenvalue weighted by Gasteiger charge is 2.24. The summed E-state index contributed by atoms with van der Waals surface area (Å²) in [5.41, 5.74) is 3.28. The van der Waals surface area contributed by atoms with Crippen LogP contribution in [0.25, 0.3) is 0 Å². The molecule has 7 heteroatoms. The van der Waals surface area contributed by atoms with Crippen LogP contribution in [0, 0.1) is 6.92 Å². The molecule has 7 nitrogen and oxygen atoms in total. The van der Waals surface area contributed by atoms with Crippen LogP contribution in [0.5, 0.6) is 0 Å². The summed E-state index contributed by atoms with van der Waals surface area (Å²) < 4.78 is 7.30. The molecular formula is C21H24N4O3. The number of fused-ring (bicyclic) bond motifs is 1. The van der Waals surface area contributed by atoms with Crippen molar-refractivity contribution in [3.8, 4) is 0 Å². The number of anilines is 2. The third-order valence-corrected chi connectivity index (χ3v) is 5.25. The standard InChI is InChI=1S/C21H24N4O3/c1-3-20(26)24-9-4-5-15-12-16(6-7-18(15)24)21(27)22-19-11-14(2)23-25(19)17-8-10-28-13-17/h3,6-7,11-12,17H,1,4-5,8-10,13H2,2H3,(H,22,27). The van der Waals surface area contributed by atoms with Crippen molar-refractivity contribution in [3.05, 3.63) is 53.7 Å². The van der Waals surface area contributed by atoms with E-state index in [1.165, 1.54) is 6.08 Å². The van der Waals surface area contributed by atoms with Crippen LogP contribution >= 0.6 is 0 Å². The lowest BCUT2D eigenvalue weighted by molar-refractivity contribution is -0.114. The highest BCUT2D eigenvalue weighted by molar-refractivity contribution is 6.05. The summed E-state index contributed by atoms with van der Waals surface area (Å²) in [6.45, 7) is 7.47. The molecule has 1 unspecified atom stereocenters. The Morgan fingerprint density at radius 2 is 2.21 bits per heavy atom. The number of amides is 2. The van der Waals surface area contributed by atoms with Gasteiger partial charge in [-0.05, 0) is 56.0 Å². The molecule has 0 radical (unpaired) electrons. The zero-order valence-corrected chi connectivity index (χ0v) is 16.0. The number of hydrogen-bond acceptors (Lipinski definition) is 4. The topological polar surface area (TPSA) is 76.5 Å². The van der Waals surface area contributed by atoms with E-state index >= 15 is 0 Å². The lowest BCUT2D eigenvalue weighted by Crippen LogP contribution is -2.34. The Hall–Kier alpha value is -2.93. The van der Waals surface area contributed by atoms with Crippen molar-refractivity contribution >= 4 is 23.3 Å². The van der Waals surface area contributed by atoms with E-state index in [4.69, 9.17) is 4.74 Å². The average molecular weight is 380 g/mol. The number of rotatable bonds is 4. The molecule has 3 heterocycles. The van der Waals surface area contributed by atoms with Crippen LogP contribution in [0.4, 0.5) is 11.5 Å². The maximum atomic E-state index is 12.9. The zero-order valence-electron chi connectivity index (χ0n) is 16.0. The molecule has 0 aliphatic carbocycles. The molecular weight excluding hydrogens is 356 g/mol. The van der Waals surface area contributed by atoms with Crippen molar-refractivity contribution in [2.45, 2.75) is 32.2 Å². The molecule has 2 aromatic rings. The van der Waals surface area contributed by atoms with Gasteiger partial charge in [0.25, 0.3) is 5.91 Å². The molecule has 2 aliphatic heterocycles. The van der Waals surface area contributed by atoms with Crippen LogP contribution in [-0.4, -0.2) is 41.4 Å². The van der Waals surface area contributed by atoms with Crippen molar-refractivity contribution in [2.24, 2.45) is 0 Å². The number of nitrogens with zero attached hydrogens (tertiary/aromatic N) is 3. The Morgan fingerprint density at radius 3 is 2.96 bits per heavy atom. The molecule has 2 amide bonds. The predicted octanol–water partition coefficient (Wildman–Crippen LogP) is 2.87. The van der Waals surface area contributed by atoms with Gasteiger partial charge in [0.05, 0.1) is 18.3 Å². The Kier molecular flexibility index (Phi) is 5.00. The minimum atomic E-state index is -0.185. The molecule has 0 saturated carbocycles. The van der Waals surface area contributed by atoms with Gasteiger partial charge in [-0.3, -0.25) is 9.59 Å². The van der Waals surface area contributed by atoms with Crippen molar-refractivity contribution in [1.82, 2.24) is 9.78 Å². The number of aromatic nitrogens is 2. The fourth-order valence-electron chi connectivity index (χ4n) is 3.87. The molecule has 0 bridgehead atoms. The van der Waals surface area contributed by atoms with Crippen molar-refractivity contribution in [2.75, 3.05) is 30.0 Å². The van der Waals surface area contributed by atoms with Crippen LogP contribution in [0.15, 0.2) is 36.9 Å². The van der Waals surface area contributed by atoms with Gasteiger partial charge in [-0.1, -0.05) is 6.58 Å². The molecule has 28 heavy (non-hydrogen) atoms. The Bertz CT molecular complexity index is 928. The minimum Gasteiger partial charge on any atom is -0.379 e. The molecule has 0 spiro atoms. The first-order chi connectivity index (χ1) is 13.6. The second-order valence-corrected chi connectivity index (χ2v) is 7.23. The minimum absolute atomic E-state index is 0.115. The normalized spacial score (nSPS) is 18.6. The molecule has 1 aromatic carbocycles. The summed E-state index contributed by atoms with van der Waals surface area (Å²) in [7, 11) is 0. The molecule has 4 rings (SSSR count). The fraction of sp³-hybridized carbons (Fsp3) is 0.381. The van der Waals surface area contributed by atoms with Crippen LogP contribution in [-0.2, 0) is 16.0 Å². The van der Waals surface area contributed by atoms with Gasteiger partial charge in [0.15, 0.2) is 0 Å². The number of ether oxygens (including phenoxy) is 1. The van der Waals surface area contributed by atoms with Crippen molar-refractivity contribution in [3.63, 3.8) is 0 Å². The van der Waals surface area contributed by atoms with Gasteiger partial charge in [-0.15, -0.1) is 0 Å². The lowest BCUT2D eigenvalue weighted by Gasteiger charge is -2.29. The number of benzene rings is 1. The van der Waals surface area contributed by atoms with Crippen LogP contribution < -0.4 is 10.2 Å². The summed E-state index contributed by atoms with van der Waals surface area (Å²) in [6, 6.07) is 7.50. The first kappa shape index (κ1) is 18.4. The highest BCUT2D eigenvalue weighted by Crippen LogP contribution is 2.29. The van der Waals surface area contributed by atoms with Crippen molar-refractivity contribution < 1.29 is 14.3 Å². The van der Waals surface area contributed by atoms with E-state index in [1.807, 2.05) is 29.8 Å². The van der Waals surface area contributed by atoms with E-state index < -0.39 is 0 Å². The van der Waals surface area contributed by atoms with Gasteiger partial charge in [0.1, 0.15) is 5.82 Å². The van der Waals surface area contributed by atoms with Crippen LogP contribution in [0.2, 0.25) is 0 Å². The second kappa shape index (κ2) is 7.59. The Morgan fingerprint density at radius 1 is 1.36 bits per heavy atom. The van der Waals surface area contributed by atoms with E-state index in [1.54, 1.807) is 11.0 Å². The van der Waals surface area contributed by atoms with E-state index in [0.717, 1.165) is 36.2 Å². The molecule has 1 saturated heterocycles. The third-order valence-electron chi connectivity index (χ3n) is 5.25. The fourth-order valence-corrected chi connectivity index (χ4v) is 3.87. The van der Waals surface area contributed by atoms with Gasteiger partial charge in [-0.2, -0.15) is 5.10 Å². The zero-order chi connectivity index (χ0) is 19.7. The van der Waals surface area contributed by atoms with E-state index in [2.05, 4.69) is 17.0 Å². The lowest BCUT2D eigenvalue weighted by atomic mass is 9.98. The first-order valence-electron chi connectivity index (χ1n) is 9.59. The molecule has 1 N–H and O–H groups in total.